The summed E-state index contributed by atoms with van der Waals surface area (Å²) in [6.07, 6.45) is 19.0. The van der Waals surface area contributed by atoms with Crippen molar-refractivity contribution >= 4 is 17.9 Å². The Morgan fingerprint density at radius 2 is 1.37 bits per heavy atom. The second-order valence-electron chi connectivity index (χ2n) is 6.13. The molecule has 0 aromatic rings. The van der Waals surface area contributed by atoms with Crippen molar-refractivity contribution in [3.8, 4) is 37.0 Å². The molecule has 7 heteroatoms. The first kappa shape index (κ1) is 20.6. The first-order valence-electron chi connectivity index (χ1n) is 8.31. The minimum absolute atomic E-state index is 0.248. The van der Waals surface area contributed by atoms with E-state index in [1.807, 2.05) is 13.8 Å². The average molecular weight is 402 g/mol. The molecule has 0 fully saturated rings. The summed E-state index contributed by atoms with van der Waals surface area (Å²) in [5, 5.41) is 0. The molecule has 0 aromatic heterocycles. The molecule has 0 saturated heterocycles. The van der Waals surface area contributed by atoms with Crippen molar-refractivity contribution in [3.63, 3.8) is 0 Å². The summed E-state index contributed by atoms with van der Waals surface area (Å²) < 4.78 is 16.4. The van der Waals surface area contributed by atoms with Crippen molar-refractivity contribution in [1.29, 1.82) is 0 Å². The Bertz CT molecular complexity index is 818. The second-order valence-corrected chi connectivity index (χ2v) is 9.66. The van der Waals surface area contributed by atoms with Gasteiger partial charge in [-0.25, -0.2) is 0 Å². The summed E-state index contributed by atoms with van der Waals surface area (Å²) in [4.78, 5) is 35.8. The zero-order valence-electron chi connectivity index (χ0n) is 15.1. The van der Waals surface area contributed by atoms with Gasteiger partial charge in [0.2, 0.25) is 0 Å². The minimum atomic E-state index is -5.14. The van der Waals surface area contributed by atoms with Crippen LogP contribution in [0, 0.1) is 42.9 Å². The van der Waals surface area contributed by atoms with E-state index in [9.17, 15) is 14.4 Å². The summed E-state index contributed by atoms with van der Waals surface area (Å²) in [6, 6.07) is 0. The van der Waals surface area contributed by atoms with Gasteiger partial charge in [0, 0.05) is 0 Å². The zero-order chi connectivity index (χ0) is 20.2. The van der Waals surface area contributed by atoms with Crippen molar-refractivity contribution < 1.29 is 42.1 Å². The van der Waals surface area contributed by atoms with Crippen LogP contribution in [-0.4, -0.2) is 17.9 Å². The zero-order valence-corrected chi connectivity index (χ0v) is 16.6. The van der Waals surface area contributed by atoms with Gasteiger partial charge in [-0.05, 0) is 0 Å². The Balaban J connectivity index is 2.65. The number of hydrogen-bond donors (Lipinski definition) is 0. The summed E-state index contributed by atoms with van der Waals surface area (Å²) in [7, 11) is 0. The molecule has 0 aliphatic heterocycles. The Morgan fingerprint density at radius 3 is 1.78 bits per heavy atom. The van der Waals surface area contributed by atoms with Crippen LogP contribution in [0.1, 0.15) is 39.5 Å². The summed E-state index contributed by atoms with van der Waals surface area (Å²) in [5.74, 6) is 1.73. The molecule has 0 N–H and O–H groups in total. The number of carbonyl (C=O) groups is 3. The van der Waals surface area contributed by atoms with Crippen LogP contribution in [0.2, 0.25) is 0 Å². The molecule has 1 unspecified atom stereocenters. The van der Waals surface area contributed by atoms with Gasteiger partial charge in [0.05, 0.1) is 0 Å². The summed E-state index contributed by atoms with van der Waals surface area (Å²) in [6.45, 7) is 3.69. The van der Waals surface area contributed by atoms with E-state index in [0.717, 1.165) is 42.4 Å². The third kappa shape index (κ3) is 4.01. The van der Waals surface area contributed by atoms with Crippen LogP contribution in [0.5, 0.6) is 0 Å². The average Bonchev–Trinajstić information content (AvgIpc) is 2.92. The fraction of sp³-hybridized carbons (Fsp3) is 0.350. The molecule has 6 nitrogen and oxygen atoms in total. The normalized spacial score (nSPS) is 18.6. The van der Waals surface area contributed by atoms with Crippen LogP contribution >= 0.6 is 0 Å². The standard InChI is InChI=1S/C11H15.3C3H2O2.Ti/c1-8-7-9(2)11-6-4-3-5-10(8)11;3*1-2-3(4)5;/h8H,3-6H2,1-2H3;3*1H,(H,4,5);/q;;;;+3/p-3. The monoisotopic (exact) mass is 402 g/mol. The Labute approximate surface area is 163 Å². The van der Waals surface area contributed by atoms with Crippen LogP contribution in [-0.2, 0) is 42.1 Å². The van der Waals surface area contributed by atoms with Crippen LogP contribution in [0.15, 0.2) is 20.6 Å². The predicted octanol–water partition coefficient (Wildman–Crippen LogP) is 2.21. The van der Waals surface area contributed by atoms with Gasteiger partial charge < -0.3 is 0 Å². The number of carbonyl (C=O) groups excluding carboxylic acids is 3. The molecular weight excluding hydrogens is 384 g/mol. The molecular formula is C20H18O6Ti. The molecule has 0 bridgehead atoms. The molecule has 0 saturated carbocycles. The van der Waals surface area contributed by atoms with Gasteiger partial charge in [0.25, 0.3) is 0 Å². The van der Waals surface area contributed by atoms with Crippen molar-refractivity contribution in [2.75, 3.05) is 0 Å². The Morgan fingerprint density at radius 1 is 0.926 bits per heavy atom. The number of allylic oxidation sites excluding steroid dienone is 4. The van der Waals surface area contributed by atoms with Crippen molar-refractivity contribution in [2.24, 2.45) is 5.92 Å². The second kappa shape index (κ2) is 8.32. The fourth-order valence-electron chi connectivity index (χ4n) is 3.67. The van der Waals surface area contributed by atoms with Crippen LogP contribution in [0.25, 0.3) is 0 Å². The van der Waals surface area contributed by atoms with Gasteiger partial charge in [-0.1, -0.05) is 0 Å². The molecule has 2 aliphatic carbocycles. The van der Waals surface area contributed by atoms with Gasteiger partial charge in [-0.3, -0.25) is 0 Å². The van der Waals surface area contributed by atoms with E-state index >= 15 is 0 Å². The van der Waals surface area contributed by atoms with Gasteiger partial charge in [-0.15, -0.1) is 0 Å². The number of terminal acetylenes is 3. The molecule has 2 aliphatic rings. The first-order chi connectivity index (χ1) is 12.8. The van der Waals surface area contributed by atoms with E-state index in [4.69, 9.17) is 29.2 Å². The first-order valence-corrected chi connectivity index (χ1v) is 11.0. The van der Waals surface area contributed by atoms with E-state index in [-0.39, 0.29) is 5.92 Å². The Hall–Kier alpha value is -2.72. The van der Waals surface area contributed by atoms with E-state index in [1.165, 1.54) is 0 Å². The molecule has 0 amide bonds. The van der Waals surface area contributed by atoms with Gasteiger partial charge in [0.15, 0.2) is 0 Å². The molecule has 0 heterocycles. The third-order valence-electron chi connectivity index (χ3n) is 4.69. The molecule has 138 valence electrons. The van der Waals surface area contributed by atoms with Crippen molar-refractivity contribution in [2.45, 2.75) is 39.5 Å². The molecule has 0 radical (unpaired) electrons. The molecule has 1 atom stereocenters. The van der Waals surface area contributed by atoms with Gasteiger partial charge in [0.1, 0.15) is 0 Å². The number of hydrogen-bond acceptors (Lipinski definition) is 6. The third-order valence-corrected chi connectivity index (χ3v) is 9.11. The van der Waals surface area contributed by atoms with Gasteiger partial charge in [-0.2, -0.15) is 0 Å². The summed E-state index contributed by atoms with van der Waals surface area (Å²) >= 11 is -5.14. The van der Waals surface area contributed by atoms with E-state index < -0.39 is 35.7 Å². The maximum absolute atomic E-state index is 11.9. The van der Waals surface area contributed by atoms with Gasteiger partial charge >= 0.3 is 163 Å². The fourth-order valence-corrected chi connectivity index (χ4v) is 7.86. The Kier molecular flexibility index (Phi) is 6.34. The molecule has 2 rings (SSSR count). The molecule has 27 heavy (non-hydrogen) atoms. The van der Waals surface area contributed by atoms with Crippen molar-refractivity contribution in [1.82, 2.24) is 0 Å². The topological polar surface area (TPSA) is 78.9 Å². The molecule has 0 aromatic carbocycles. The van der Waals surface area contributed by atoms with E-state index in [1.54, 1.807) is 17.8 Å². The van der Waals surface area contributed by atoms with Crippen LogP contribution in [0.3, 0.4) is 0 Å². The number of rotatable bonds is 4. The quantitative estimate of drug-likeness (QED) is 0.530. The van der Waals surface area contributed by atoms with Crippen LogP contribution < -0.4 is 0 Å². The van der Waals surface area contributed by atoms with E-state index in [0.29, 0.717) is 3.88 Å². The van der Waals surface area contributed by atoms with E-state index in [2.05, 4.69) is 0 Å². The maximum atomic E-state index is 11.9. The predicted molar refractivity (Wildman–Crippen MR) is 92.1 cm³/mol. The summed E-state index contributed by atoms with van der Waals surface area (Å²) in [5.41, 5.74) is 3.02. The SMILES string of the molecule is C#CC(=O)[O][Ti]([O]C(=O)C#C)([O]C(=O)C#C)[C]1=C(C)C2=C(CCCC2)C1C. The van der Waals surface area contributed by atoms with Crippen LogP contribution in [0.4, 0.5) is 0 Å². The van der Waals surface area contributed by atoms with Crippen molar-refractivity contribution in [3.05, 3.63) is 20.6 Å². The molecule has 0 spiro atoms.